The largest absolute Gasteiger partial charge is 0.338 e. The Morgan fingerprint density at radius 2 is 2.12 bits per heavy atom. The van der Waals surface area contributed by atoms with Crippen molar-refractivity contribution in [1.82, 2.24) is 25.2 Å². The monoisotopic (exact) mass is 336 g/mol. The molecule has 3 heterocycles. The molecule has 1 aliphatic rings. The fraction of sp³-hybridized carbons (Fsp3) is 0.278. The molecule has 7 heteroatoms. The van der Waals surface area contributed by atoms with Crippen LogP contribution in [0.25, 0.3) is 22.2 Å². The lowest BCUT2D eigenvalue weighted by Gasteiger charge is -2.13. The summed E-state index contributed by atoms with van der Waals surface area (Å²) in [5, 5.41) is 5.42. The number of rotatable bonds is 2. The summed E-state index contributed by atoms with van der Waals surface area (Å²) in [4.78, 5) is 26.0. The zero-order valence-corrected chi connectivity index (χ0v) is 14.3. The van der Waals surface area contributed by atoms with Gasteiger partial charge in [0.05, 0.1) is 11.0 Å². The van der Waals surface area contributed by atoms with Crippen molar-refractivity contribution in [3.8, 4) is 11.1 Å². The van der Waals surface area contributed by atoms with Crippen LogP contribution in [0.2, 0.25) is 0 Å². The number of pyridine rings is 1. The fourth-order valence-electron chi connectivity index (χ4n) is 3.30. The first-order chi connectivity index (χ1) is 12.1. The number of carbonyl (C=O) groups excluding carboxylic acids is 1. The summed E-state index contributed by atoms with van der Waals surface area (Å²) in [6.45, 7) is 4.17. The summed E-state index contributed by atoms with van der Waals surface area (Å²) < 4.78 is 0. The van der Waals surface area contributed by atoms with E-state index in [9.17, 15) is 4.79 Å². The number of anilines is 1. The number of urea groups is 1. The number of hydrogen-bond acceptors (Lipinski definition) is 4. The van der Waals surface area contributed by atoms with Gasteiger partial charge >= 0.3 is 6.03 Å². The lowest BCUT2D eigenvalue weighted by atomic mass is 9.98. The lowest BCUT2D eigenvalue weighted by molar-refractivity contribution is 0.252. The van der Waals surface area contributed by atoms with Crippen LogP contribution >= 0.6 is 0 Å². The minimum Gasteiger partial charge on any atom is -0.338 e. The van der Waals surface area contributed by atoms with Crippen LogP contribution in [0.15, 0.2) is 30.6 Å². The second-order valence-electron chi connectivity index (χ2n) is 6.30. The van der Waals surface area contributed by atoms with Gasteiger partial charge in [-0.05, 0) is 48.9 Å². The highest BCUT2D eigenvalue weighted by molar-refractivity contribution is 5.91. The molecule has 0 saturated carbocycles. The van der Waals surface area contributed by atoms with Gasteiger partial charge in [0.15, 0.2) is 0 Å². The van der Waals surface area contributed by atoms with Gasteiger partial charge in [-0.25, -0.2) is 9.78 Å². The Hall–Kier alpha value is -2.93. The molecule has 2 aromatic heterocycles. The Morgan fingerprint density at radius 3 is 2.96 bits per heavy atom. The van der Waals surface area contributed by atoms with Crippen LogP contribution in [0, 0.1) is 0 Å². The first-order valence-corrected chi connectivity index (χ1v) is 8.33. The zero-order valence-electron chi connectivity index (χ0n) is 14.3. The first-order valence-electron chi connectivity index (χ1n) is 8.33. The predicted molar refractivity (Wildman–Crippen MR) is 97.2 cm³/mol. The molecule has 1 aliphatic heterocycles. The van der Waals surface area contributed by atoms with E-state index < -0.39 is 0 Å². The first kappa shape index (κ1) is 15.6. The molecule has 2 amide bonds. The highest BCUT2D eigenvalue weighted by Gasteiger charge is 2.19. The number of carbonyl (C=O) groups is 1. The van der Waals surface area contributed by atoms with E-state index in [1.807, 2.05) is 19.3 Å². The Kier molecular flexibility index (Phi) is 3.85. The highest BCUT2D eigenvalue weighted by atomic mass is 16.2. The number of benzene rings is 1. The Balaban J connectivity index is 1.79. The number of H-pyrrole nitrogens is 1. The van der Waals surface area contributed by atoms with Gasteiger partial charge < -0.3 is 10.3 Å². The van der Waals surface area contributed by atoms with Crippen molar-refractivity contribution in [2.75, 3.05) is 18.9 Å². The van der Waals surface area contributed by atoms with Gasteiger partial charge in [0.2, 0.25) is 5.95 Å². The van der Waals surface area contributed by atoms with E-state index in [0.29, 0.717) is 12.5 Å². The minimum atomic E-state index is -0.266. The molecule has 0 aliphatic carbocycles. The number of nitrogens with zero attached hydrogens (tertiary/aromatic N) is 3. The van der Waals surface area contributed by atoms with Crippen molar-refractivity contribution in [2.45, 2.75) is 20.0 Å². The predicted octanol–water partition coefficient (Wildman–Crippen LogP) is 2.71. The van der Waals surface area contributed by atoms with Crippen molar-refractivity contribution in [3.63, 3.8) is 0 Å². The normalized spacial score (nSPS) is 13.8. The summed E-state index contributed by atoms with van der Waals surface area (Å²) in [6.07, 6.45) is 3.75. The van der Waals surface area contributed by atoms with E-state index in [1.165, 1.54) is 11.1 Å². The number of aromatic nitrogens is 3. The standard InChI is InChI=1S/C18H20N6O/c1-3-20-18(25)23-17-21-15-6-12-10-24(2)9-11-4-5-19-8-14(11)13(12)7-16(15)22-17/h4-8H,3,9-10H2,1-2H3,(H3,20,21,22,23,25). The average molecular weight is 336 g/mol. The molecule has 0 fully saturated rings. The van der Waals surface area contributed by atoms with E-state index >= 15 is 0 Å². The molecule has 25 heavy (non-hydrogen) atoms. The van der Waals surface area contributed by atoms with Crippen LogP contribution in [-0.2, 0) is 13.1 Å². The van der Waals surface area contributed by atoms with Crippen LogP contribution in [0.5, 0.6) is 0 Å². The highest BCUT2D eigenvalue weighted by Crippen LogP contribution is 2.34. The van der Waals surface area contributed by atoms with Crippen LogP contribution in [0.3, 0.4) is 0 Å². The molecular weight excluding hydrogens is 316 g/mol. The van der Waals surface area contributed by atoms with Crippen LogP contribution < -0.4 is 10.6 Å². The topological polar surface area (TPSA) is 85.9 Å². The molecule has 128 valence electrons. The fourth-order valence-corrected chi connectivity index (χ4v) is 3.30. The molecule has 0 unspecified atom stereocenters. The zero-order chi connectivity index (χ0) is 17.4. The van der Waals surface area contributed by atoms with Gasteiger partial charge in [0.25, 0.3) is 0 Å². The molecule has 0 saturated heterocycles. The molecule has 3 aromatic rings. The van der Waals surface area contributed by atoms with E-state index in [4.69, 9.17) is 0 Å². The van der Waals surface area contributed by atoms with Gasteiger partial charge in [-0.2, -0.15) is 0 Å². The number of hydrogen-bond donors (Lipinski definition) is 3. The summed E-state index contributed by atoms with van der Waals surface area (Å²) in [5.74, 6) is 0.445. The molecular formula is C18H20N6O. The van der Waals surface area contributed by atoms with Gasteiger partial charge in [-0.3, -0.25) is 15.2 Å². The van der Waals surface area contributed by atoms with Crippen LogP contribution in [0.1, 0.15) is 18.1 Å². The molecule has 7 nitrogen and oxygen atoms in total. The Bertz CT molecular complexity index is 948. The van der Waals surface area contributed by atoms with Crippen molar-refractivity contribution in [2.24, 2.45) is 0 Å². The Morgan fingerprint density at radius 1 is 1.28 bits per heavy atom. The maximum absolute atomic E-state index is 11.7. The summed E-state index contributed by atoms with van der Waals surface area (Å²) >= 11 is 0. The van der Waals surface area contributed by atoms with Gasteiger partial charge in [0.1, 0.15) is 0 Å². The second-order valence-corrected chi connectivity index (χ2v) is 6.30. The molecule has 0 atom stereocenters. The summed E-state index contributed by atoms with van der Waals surface area (Å²) in [7, 11) is 2.11. The van der Waals surface area contributed by atoms with Crippen molar-refractivity contribution in [1.29, 1.82) is 0 Å². The second kappa shape index (κ2) is 6.18. The maximum atomic E-state index is 11.7. The molecule has 4 rings (SSSR count). The van der Waals surface area contributed by atoms with E-state index in [-0.39, 0.29) is 6.03 Å². The number of aromatic amines is 1. The van der Waals surface area contributed by atoms with E-state index in [0.717, 1.165) is 35.2 Å². The number of fused-ring (bicyclic) bond motifs is 4. The van der Waals surface area contributed by atoms with E-state index in [2.05, 4.69) is 55.7 Å². The van der Waals surface area contributed by atoms with Gasteiger partial charge in [-0.15, -0.1) is 0 Å². The van der Waals surface area contributed by atoms with E-state index in [1.54, 1.807) is 0 Å². The number of imidazole rings is 1. The molecule has 3 N–H and O–H groups in total. The third kappa shape index (κ3) is 2.94. The van der Waals surface area contributed by atoms with Gasteiger partial charge in [0, 0.05) is 37.6 Å². The third-order valence-corrected chi connectivity index (χ3v) is 4.36. The SMILES string of the molecule is CCNC(=O)Nc1nc2cc3c(cc2[nH]1)CN(C)Cc1ccncc1-3. The summed E-state index contributed by atoms with van der Waals surface area (Å²) in [6, 6.07) is 5.98. The minimum absolute atomic E-state index is 0.266. The van der Waals surface area contributed by atoms with Crippen molar-refractivity contribution in [3.05, 3.63) is 41.7 Å². The molecule has 1 aromatic carbocycles. The number of nitrogens with one attached hydrogen (secondary N) is 3. The maximum Gasteiger partial charge on any atom is 0.321 e. The average Bonchev–Trinajstić information content (AvgIpc) is 2.89. The smallest absolute Gasteiger partial charge is 0.321 e. The van der Waals surface area contributed by atoms with Gasteiger partial charge in [-0.1, -0.05) is 0 Å². The Labute approximate surface area is 145 Å². The van der Waals surface area contributed by atoms with Crippen LogP contribution in [0.4, 0.5) is 10.7 Å². The molecule has 0 bridgehead atoms. The van der Waals surface area contributed by atoms with Crippen molar-refractivity contribution >= 4 is 23.0 Å². The molecule has 0 spiro atoms. The van der Waals surface area contributed by atoms with Crippen LogP contribution in [-0.4, -0.2) is 39.5 Å². The lowest BCUT2D eigenvalue weighted by Crippen LogP contribution is -2.28. The number of amides is 2. The van der Waals surface area contributed by atoms with Crippen molar-refractivity contribution < 1.29 is 4.79 Å². The molecule has 0 radical (unpaired) electrons. The quantitative estimate of drug-likeness (QED) is 0.672. The third-order valence-electron chi connectivity index (χ3n) is 4.36. The summed E-state index contributed by atoms with van der Waals surface area (Å²) in [5.41, 5.74) is 6.50.